The average Bonchev–Trinajstić information content (AvgIpc) is 3.30. The first-order valence-electron chi connectivity index (χ1n) is 15.4. The second kappa shape index (κ2) is 12.5. The Morgan fingerprint density at radius 1 is 1.00 bits per heavy atom. The van der Waals surface area contributed by atoms with Gasteiger partial charge in [0.25, 0.3) is 5.91 Å². The molecule has 2 aromatic rings. The van der Waals surface area contributed by atoms with E-state index in [1.54, 1.807) is 0 Å². The Morgan fingerprint density at radius 3 is 2.32 bits per heavy atom. The molecule has 7 heteroatoms. The van der Waals surface area contributed by atoms with Gasteiger partial charge in [0, 0.05) is 42.2 Å². The number of hydrogen-bond donors (Lipinski definition) is 2. The molecule has 2 aliphatic heterocycles. The molecule has 1 saturated heterocycles. The third kappa shape index (κ3) is 7.07. The summed E-state index contributed by atoms with van der Waals surface area (Å²) < 4.78 is 0. The lowest BCUT2D eigenvalue weighted by molar-refractivity contribution is -0.126. The molecule has 0 aromatic heterocycles. The maximum absolute atomic E-state index is 13.2. The van der Waals surface area contributed by atoms with Gasteiger partial charge >= 0.3 is 0 Å². The Kier molecular flexibility index (Phi) is 8.95. The Morgan fingerprint density at radius 2 is 1.68 bits per heavy atom. The number of aliphatic imine (C=N–C) groups is 1. The van der Waals surface area contributed by atoms with E-state index in [-0.39, 0.29) is 29.8 Å². The number of nitrogens with zero attached hydrogens (tertiary/aromatic N) is 3. The highest BCUT2D eigenvalue weighted by atomic mass is 16.3. The molecule has 0 bridgehead atoms. The molecule has 2 aromatic carbocycles. The monoisotopic (exact) mass is 558 g/mol. The molecular formula is C34H46N4O3. The fraction of sp³-hybridized carbons (Fsp3) is 0.559. The predicted molar refractivity (Wildman–Crippen MR) is 164 cm³/mol. The molecule has 2 fully saturated rings. The van der Waals surface area contributed by atoms with Gasteiger partial charge in [-0.15, -0.1) is 0 Å². The van der Waals surface area contributed by atoms with Crippen LogP contribution in [-0.4, -0.2) is 58.4 Å². The van der Waals surface area contributed by atoms with Gasteiger partial charge in [0.2, 0.25) is 5.91 Å². The van der Waals surface area contributed by atoms with Gasteiger partial charge in [-0.3, -0.25) is 14.5 Å². The van der Waals surface area contributed by atoms with Crippen LogP contribution in [0, 0.1) is 11.8 Å². The lowest BCUT2D eigenvalue weighted by Crippen LogP contribution is -2.44. The summed E-state index contributed by atoms with van der Waals surface area (Å²) in [6.45, 7) is 10.7. The molecule has 2 amide bonds. The van der Waals surface area contributed by atoms with Gasteiger partial charge in [0.05, 0.1) is 5.60 Å². The van der Waals surface area contributed by atoms with Crippen LogP contribution in [0.4, 0.5) is 5.69 Å². The molecule has 220 valence electrons. The smallest absolute Gasteiger partial charge is 0.278 e. The molecular weight excluding hydrogens is 512 g/mol. The van der Waals surface area contributed by atoms with Crippen LogP contribution in [-0.2, 0) is 17.8 Å². The number of piperidine rings is 1. The van der Waals surface area contributed by atoms with Crippen molar-refractivity contribution in [3.63, 3.8) is 0 Å². The molecule has 0 atom stereocenters. The largest absolute Gasteiger partial charge is 0.390 e. The number of anilines is 1. The van der Waals surface area contributed by atoms with Crippen molar-refractivity contribution in [3.05, 3.63) is 65.2 Å². The van der Waals surface area contributed by atoms with Crippen LogP contribution >= 0.6 is 0 Å². The average molecular weight is 559 g/mol. The number of rotatable bonds is 7. The van der Waals surface area contributed by atoms with Crippen molar-refractivity contribution in [1.82, 2.24) is 10.2 Å². The van der Waals surface area contributed by atoms with E-state index in [1.807, 2.05) is 58.0 Å². The highest BCUT2D eigenvalue weighted by molar-refractivity contribution is 6.12. The number of nitrogens with one attached hydrogen (secondary N) is 1. The summed E-state index contributed by atoms with van der Waals surface area (Å²) in [5.41, 5.74) is 3.59. The van der Waals surface area contributed by atoms with Crippen LogP contribution in [0.1, 0.15) is 87.7 Å². The van der Waals surface area contributed by atoms with Crippen molar-refractivity contribution in [3.8, 4) is 0 Å². The minimum absolute atomic E-state index is 0.0419. The Labute approximate surface area is 245 Å². The summed E-state index contributed by atoms with van der Waals surface area (Å²) in [5, 5.41) is 13.5. The number of hydrogen-bond acceptors (Lipinski definition) is 4. The Hall–Kier alpha value is -3.03. The van der Waals surface area contributed by atoms with Crippen molar-refractivity contribution < 1.29 is 14.7 Å². The molecule has 0 radical (unpaired) electrons. The lowest BCUT2D eigenvalue weighted by Gasteiger charge is -2.38. The van der Waals surface area contributed by atoms with Crippen LogP contribution in [0.2, 0.25) is 0 Å². The van der Waals surface area contributed by atoms with Gasteiger partial charge in [-0.2, -0.15) is 4.99 Å². The fourth-order valence-corrected chi connectivity index (χ4v) is 6.79. The summed E-state index contributed by atoms with van der Waals surface area (Å²) in [6, 6.07) is 16.4. The van der Waals surface area contributed by atoms with Gasteiger partial charge in [0.1, 0.15) is 5.84 Å². The van der Waals surface area contributed by atoms with Crippen LogP contribution in [0.3, 0.4) is 0 Å². The van der Waals surface area contributed by atoms with Crippen molar-refractivity contribution in [2.75, 3.05) is 18.0 Å². The standard InChI is InChI=1S/C34H46N4O3/c1-23(2)35-32(39)26-12-14-29(15-13-26)38-30-20-24(22-37-18-16-28(17-19-37)34(3,4)41)10-11-27(30)21-31(38)36-33(40)25-8-6-5-7-9-25/h5-11,20,23,26,28-29,41H,12-19,21-22H2,1-4H3,(H,35,39). The van der Waals surface area contributed by atoms with E-state index in [0.717, 1.165) is 69.7 Å². The van der Waals surface area contributed by atoms with Crippen LogP contribution in [0.25, 0.3) is 0 Å². The molecule has 2 N–H and O–H groups in total. The van der Waals surface area contributed by atoms with Gasteiger partial charge in [-0.1, -0.05) is 30.3 Å². The quantitative estimate of drug-likeness (QED) is 0.478. The van der Waals surface area contributed by atoms with Crippen molar-refractivity contribution in [2.45, 2.75) is 96.9 Å². The number of carbonyl (C=O) groups excluding carboxylic acids is 2. The normalized spacial score (nSPS) is 23.2. The van der Waals surface area contributed by atoms with Crippen molar-refractivity contribution >= 4 is 23.3 Å². The molecule has 7 nitrogen and oxygen atoms in total. The molecule has 5 rings (SSSR count). The summed E-state index contributed by atoms with van der Waals surface area (Å²) >= 11 is 0. The molecule has 0 spiro atoms. The number of benzene rings is 2. The maximum atomic E-state index is 13.2. The van der Waals surface area contributed by atoms with E-state index in [9.17, 15) is 14.7 Å². The maximum Gasteiger partial charge on any atom is 0.278 e. The van der Waals surface area contributed by atoms with E-state index < -0.39 is 5.60 Å². The summed E-state index contributed by atoms with van der Waals surface area (Å²) in [7, 11) is 0. The number of amidine groups is 1. The molecule has 41 heavy (non-hydrogen) atoms. The summed E-state index contributed by atoms with van der Waals surface area (Å²) in [5.74, 6) is 1.14. The minimum Gasteiger partial charge on any atom is -0.390 e. The first-order chi connectivity index (χ1) is 19.6. The zero-order valence-electron chi connectivity index (χ0n) is 25.1. The highest BCUT2D eigenvalue weighted by Crippen LogP contribution is 2.38. The van der Waals surface area contributed by atoms with Gasteiger partial charge in [-0.05, 0) is 115 Å². The molecule has 1 aliphatic carbocycles. The van der Waals surface area contributed by atoms with Crippen molar-refractivity contribution in [1.29, 1.82) is 0 Å². The lowest BCUT2D eigenvalue weighted by atomic mass is 9.83. The SMILES string of the molecule is CC(C)NC(=O)C1CCC(N2C(=NC(=O)c3ccccc3)Cc3ccc(CN4CCC(C(C)(C)O)CC4)cc32)CC1. The number of aliphatic hydroxyl groups is 1. The third-order valence-electron chi connectivity index (χ3n) is 9.14. The minimum atomic E-state index is -0.623. The Balaban J connectivity index is 1.35. The van der Waals surface area contributed by atoms with Crippen molar-refractivity contribution in [2.24, 2.45) is 16.8 Å². The van der Waals surface area contributed by atoms with E-state index >= 15 is 0 Å². The zero-order valence-corrected chi connectivity index (χ0v) is 25.1. The highest BCUT2D eigenvalue weighted by Gasteiger charge is 2.37. The number of likely N-dealkylation sites (tertiary alicyclic amines) is 1. The summed E-state index contributed by atoms with van der Waals surface area (Å²) in [4.78, 5) is 35.3. The second-order valence-electron chi connectivity index (χ2n) is 13.1. The first-order valence-corrected chi connectivity index (χ1v) is 15.4. The zero-order chi connectivity index (χ0) is 29.1. The first kappa shape index (κ1) is 29.5. The molecule has 2 heterocycles. The summed E-state index contributed by atoms with van der Waals surface area (Å²) in [6.07, 6.45) is 6.11. The van der Waals surface area contributed by atoms with Gasteiger partial charge in [-0.25, -0.2) is 0 Å². The number of amides is 2. The van der Waals surface area contributed by atoms with E-state index in [1.165, 1.54) is 11.1 Å². The van der Waals surface area contributed by atoms with E-state index in [0.29, 0.717) is 17.9 Å². The van der Waals surface area contributed by atoms with Gasteiger partial charge in [0.15, 0.2) is 0 Å². The topological polar surface area (TPSA) is 85.2 Å². The second-order valence-corrected chi connectivity index (χ2v) is 13.1. The number of fused-ring (bicyclic) bond motifs is 1. The van der Waals surface area contributed by atoms with Crippen LogP contribution < -0.4 is 10.2 Å². The van der Waals surface area contributed by atoms with Crippen LogP contribution in [0.15, 0.2) is 53.5 Å². The Bertz CT molecular complexity index is 1250. The van der Waals surface area contributed by atoms with E-state index in [4.69, 9.17) is 0 Å². The van der Waals surface area contributed by atoms with Crippen LogP contribution in [0.5, 0.6) is 0 Å². The number of carbonyl (C=O) groups is 2. The third-order valence-corrected chi connectivity index (χ3v) is 9.14. The molecule has 3 aliphatic rings. The molecule has 1 saturated carbocycles. The molecule has 0 unspecified atom stereocenters. The van der Waals surface area contributed by atoms with E-state index in [2.05, 4.69) is 38.3 Å². The van der Waals surface area contributed by atoms with Gasteiger partial charge < -0.3 is 15.3 Å². The fourth-order valence-electron chi connectivity index (χ4n) is 6.79. The predicted octanol–water partition coefficient (Wildman–Crippen LogP) is 5.35.